The summed E-state index contributed by atoms with van der Waals surface area (Å²) in [5.74, 6) is -1.04. The largest absolute Gasteiger partial charge is 0.306 e. The Morgan fingerprint density at radius 3 is 2.67 bits per heavy atom. The molecule has 0 aromatic heterocycles. The van der Waals surface area contributed by atoms with E-state index in [9.17, 15) is 8.78 Å². The van der Waals surface area contributed by atoms with Gasteiger partial charge in [0.25, 0.3) is 0 Å². The number of hydrogen-bond acceptors (Lipinski definition) is 1. The quantitative estimate of drug-likeness (QED) is 0.813. The Kier molecular flexibility index (Phi) is 2.84. The van der Waals surface area contributed by atoms with Crippen molar-refractivity contribution in [2.24, 2.45) is 0 Å². The third-order valence-electron chi connectivity index (χ3n) is 3.38. The molecule has 2 aromatic rings. The highest BCUT2D eigenvalue weighted by molar-refractivity contribution is 5.40. The van der Waals surface area contributed by atoms with E-state index in [1.807, 2.05) is 18.2 Å². The van der Waals surface area contributed by atoms with Crippen LogP contribution in [0.2, 0.25) is 0 Å². The van der Waals surface area contributed by atoms with E-state index in [0.29, 0.717) is 5.56 Å². The fourth-order valence-corrected chi connectivity index (χ4v) is 2.52. The fraction of sp³-hybridized carbons (Fsp3) is 0.200. The molecule has 1 heterocycles. The van der Waals surface area contributed by atoms with E-state index in [1.54, 1.807) is 0 Å². The van der Waals surface area contributed by atoms with E-state index in [0.717, 1.165) is 24.6 Å². The number of benzene rings is 2. The van der Waals surface area contributed by atoms with Crippen molar-refractivity contribution < 1.29 is 8.78 Å². The third kappa shape index (κ3) is 1.91. The zero-order valence-corrected chi connectivity index (χ0v) is 9.79. The molecule has 0 fully saturated rings. The van der Waals surface area contributed by atoms with Crippen LogP contribution in [-0.4, -0.2) is 6.54 Å². The lowest BCUT2D eigenvalue weighted by Gasteiger charge is -2.27. The first-order valence-corrected chi connectivity index (χ1v) is 6.02. The van der Waals surface area contributed by atoms with Crippen LogP contribution >= 0.6 is 0 Å². The summed E-state index contributed by atoms with van der Waals surface area (Å²) in [5.41, 5.74) is 2.81. The predicted octanol–water partition coefficient (Wildman–Crippen LogP) is 3.20. The minimum absolute atomic E-state index is 0.185. The molecule has 18 heavy (non-hydrogen) atoms. The number of nitrogens with one attached hydrogen (secondary N) is 1. The van der Waals surface area contributed by atoms with Crippen molar-refractivity contribution in [3.8, 4) is 0 Å². The van der Waals surface area contributed by atoms with Gasteiger partial charge in [-0.3, -0.25) is 0 Å². The molecule has 92 valence electrons. The molecule has 1 aliphatic heterocycles. The van der Waals surface area contributed by atoms with Crippen molar-refractivity contribution in [1.82, 2.24) is 5.32 Å². The lowest BCUT2D eigenvalue weighted by molar-refractivity contribution is 0.518. The van der Waals surface area contributed by atoms with Crippen LogP contribution < -0.4 is 5.32 Å². The van der Waals surface area contributed by atoms with E-state index in [1.165, 1.54) is 17.7 Å². The molecule has 0 radical (unpaired) electrons. The van der Waals surface area contributed by atoms with Gasteiger partial charge < -0.3 is 5.32 Å². The van der Waals surface area contributed by atoms with Crippen molar-refractivity contribution in [3.05, 3.63) is 70.8 Å². The van der Waals surface area contributed by atoms with Crippen molar-refractivity contribution in [2.45, 2.75) is 12.5 Å². The fourth-order valence-electron chi connectivity index (χ4n) is 2.52. The Morgan fingerprint density at radius 1 is 1.00 bits per heavy atom. The van der Waals surface area contributed by atoms with Crippen LogP contribution in [0.3, 0.4) is 0 Å². The van der Waals surface area contributed by atoms with Crippen molar-refractivity contribution in [2.75, 3.05) is 6.54 Å². The molecule has 2 aromatic carbocycles. The predicted molar refractivity (Wildman–Crippen MR) is 66.3 cm³/mol. The van der Waals surface area contributed by atoms with E-state index in [-0.39, 0.29) is 6.04 Å². The van der Waals surface area contributed by atoms with Crippen LogP contribution in [0.25, 0.3) is 0 Å². The van der Waals surface area contributed by atoms with Crippen LogP contribution in [0, 0.1) is 11.6 Å². The molecule has 1 aliphatic rings. The van der Waals surface area contributed by atoms with E-state index < -0.39 is 11.6 Å². The zero-order valence-electron chi connectivity index (χ0n) is 9.79. The topological polar surface area (TPSA) is 12.0 Å². The van der Waals surface area contributed by atoms with Gasteiger partial charge in [-0.05, 0) is 23.6 Å². The maximum Gasteiger partial charge on any atom is 0.131 e. The molecule has 0 bridgehead atoms. The van der Waals surface area contributed by atoms with Crippen LogP contribution in [-0.2, 0) is 6.42 Å². The highest BCUT2D eigenvalue weighted by Crippen LogP contribution is 2.30. The van der Waals surface area contributed by atoms with Gasteiger partial charge in [-0.25, -0.2) is 8.78 Å². The van der Waals surface area contributed by atoms with E-state index in [2.05, 4.69) is 11.4 Å². The normalized spacial score (nSPS) is 18.4. The minimum atomic E-state index is -0.541. The summed E-state index contributed by atoms with van der Waals surface area (Å²) in [6.07, 6.45) is 0.940. The van der Waals surface area contributed by atoms with Gasteiger partial charge in [0, 0.05) is 18.2 Å². The SMILES string of the molecule is Fc1ccc([C@@H]2NCCc3ccccc32)c(F)c1. The van der Waals surface area contributed by atoms with Crippen molar-refractivity contribution >= 4 is 0 Å². The first-order chi connectivity index (χ1) is 8.75. The molecule has 1 atom stereocenters. The molecule has 0 aliphatic carbocycles. The van der Waals surface area contributed by atoms with Gasteiger partial charge in [0.15, 0.2) is 0 Å². The van der Waals surface area contributed by atoms with Crippen LogP contribution in [0.15, 0.2) is 42.5 Å². The number of fused-ring (bicyclic) bond motifs is 1. The Labute approximate surface area is 104 Å². The maximum atomic E-state index is 13.8. The summed E-state index contributed by atoms with van der Waals surface area (Å²) in [4.78, 5) is 0. The molecule has 3 rings (SSSR count). The smallest absolute Gasteiger partial charge is 0.131 e. The average Bonchev–Trinajstić information content (AvgIpc) is 2.38. The monoisotopic (exact) mass is 245 g/mol. The van der Waals surface area contributed by atoms with E-state index >= 15 is 0 Å². The van der Waals surface area contributed by atoms with Crippen molar-refractivity contribution in [3.63, 3.8) is 0 Å². The first-order valence-electron chi connectivity index (χ1n) is 6.02. The summed E-state index contributed by atoms with van der Waals surface area (Å²) in [6.45, 7) is 0.804. The van der Waals surface area contributed by atoms with Gasteiger partial charge in [0.2, 0.25) is 0 Å². The number of hydrogen-bond donors (Lipinski definition) is 1. The molecule has 0 saturated carbocycles. The molecule has 3 heteroatoms. The second kappa shape index (κ2) is 4.50. The first kappa shape index (κ1) is 11.4. The van der Waals surface area contributed by atoms with Crippen LogP contribution in [0.5, 0.6) is 0 Å². The molecule has 1 N–H and O–H groups in total. The summed E-state index contributed by atoms with van der Waals surface area (Å²) in [7, 11) is 0. The average molecular weight is 245 g/mol. The van der Waals surface area contributed by atoms with Gasteiger partial charge in [-0.1, -0.05) is 30.3 Å². The summed E-state index contributed by atoms with van der Waals surface area (Å²) in [5, 5.41) is 3.29. The highest BCUT2D eigenvalue weighted by atomic mass is 19.1. The van der Waals surface area contributed by atoms with Gasteiger partial charge in [-0.2, -0.15) is 0 Å². The highest BCUT2D eigenvalue weighted by Gasteiger charge is 2.23. The lowest BCUT2D eigenvalue weighted by atomic mass is 9.90. The van der Waals surface area contributed by atoms with Gasteiger partial charge >= 0.3 is 0 Å². The Bertz CT molecular complexity index is 580. The van der Waals surface area contributed by atoms with Gasteiger partial charge in [0.1, 0.15) is 11.6 Å². The standard InChI is InChI=1S/C15H13F2N/c16-11-5-6-13(14(17)9-11)15-12-4-2-1-3-10(12)7-8-18-15/h1-6,9,15,18H,7-8H2/t15-/m1/s1. The molecule has 0 unspecified atom stereocenters. The summed E-state index contributed by atoms with van der Waals surface area (Å²) < 4.78 is 26.8. The molecule has 0 amide bonds. The maximum absolute atomic E-state index is 13.8. The Balaban J connectivity index is 2.08. The molecular weight excluding hydrogens is 232 g/mol. The van der Waals surface area contributed by atoms with Crippen LogP contribution in [0.4, 0.5) is 8.78 Å². The minimum Gasteiger partial charge on any atom is -0.306 e. The van der Waals surface area contributed by atoms with E-state index in [4.69, 9.17) is 0 Å². The van der Waals surface area contributed by atoms with Crippen LogP contribution in [0.1, 0.15) is 22.7 Å². The van der Waals surface area contributed by atoms with Gasteiger partial charge in [0.05, 0.1) is 6.04 Å². The molecule has 1 nitrogen and oxygen atoms in total. The molecular formula is C15H13F2N. The van der Waals surface area contributed by atoms with Crippen molar-refractivity contribution in [1.29, 1.82) is 0 Å². The zero-order chi connectivity index (χ0) is 12.5. The number of rotatable bonds is 1. The summed E-state index contributed by atoms with van der Waals surface area (Å²) in [6, 6.07) is 11.6. The van der Waals surface area contributed by atoms with Gasteiger partial charge in [-0.15, -0.1) is 0 Å². The molecule has 0 spiro atoms. The molecule has 0 saturated heterocycles. The second-order valence-electron chi connectivity index (χ2n) is 4.50. The number of halogens is 2. The third-order valence-corrected chi connectivity index (χ3v) is 3.38. The Morgan fingerprint density at radius 2 is 1.83 bits per heavy atom. The lowest BCUT2D eigenvalue weighted by Crippen LogP contribution is -2.31. The Hall–Kier alpha value is -1.74. The second-order valence-corrected chi connectivity index (χ2v) is 4.50. The summed E-state index contributed by atoms with van der Waals surface area (Å²) >= 11 is 0.